The summed E-state index contributed by atoms with van der Waals surface area (Å²) >= 11 is 0. The van der Waals surface area contributed by atoms with E-state index in [0.717, 1.165) is 0 Å². The fraction of sp³-hybridized carbons (Fsp3) is 0.129. The predicted octanol–water partition coefficient (Wildman–Crippen LogP) is 6.61. The minimum Gasteiger partial charge on any atom is -0.493 e. The number of carbonyl (C=O) groups is 3. The van der Waals surface area contributed by atoms with Gasteiger partial charge >= 0.3 is 17.9 Å². The third-order valence-electron chi connectivity index (χ3n) is 5.37. The predicted molar refractivity (Wildman–Crippen MR) is 145 cm³/mol. The van der Waals surface area contributed by atoms with Crippen LogP contribution in [-0.2, 0) is 14.4 Å². The third-order valence-corrected chi connectivity index (χ3v) is 5.37. The van der Waals surface area contributed by atoms with E-state index >= 15 is 4.39 Å². The average molecular weight is 531 g/mol. The number of carbonyl (C=O) groups excluding carboxylic acids is 3. The lowest BCUT2D eigenvalue weighted by molar-refractivity contribution is -0.132. The molecule has 0 saturated carbocycles. The van der Waals surface area contributed by atoms with Crippen molar-refractivity contribution >= 4 is 17.9 Å². The van der Waals surface area contributed by atoms with Crippen LogP contribution in [0, 0.1) is 5.82 Å². The van der Waals surface area contributed by atoms with E-state index in [4.69, 9.17) is 18.9 Å². The monoisotopic (exact) mass is 530 g/mol. The van der Waals surface area contributed by atoms with Gasteiger partial charge in [0.25, 0.3) is 0 Å². The molecule has 39 heavy (non-hydrogen) atoms. The average Bonchev–Trinajstić information content (AvgIpc) is 2.89. The fourth-order valence-electron chi connectivity index (χ4n) is 3.26. The number of hydrogen-bond acceptors (Lipinski definition) is 7. The molecule has 0 amide bonds. The van der Waals surface area contributed by atoms with Crippen molar-refractivity contribution < 1.29 is 37.7 Å². The summed E-state index contributed by atoms with van der Waals surface area (Å²) in [6.07, 6.45) is 0. The molecular weight excluding hydrogens is 503 g/mol. The van der Waals surface area contributed by atoms with E-state index in [-0.39, 0.29) is 45.3 Å². The summed E-state index contributed by atoms with van der Waals surface area (Å²) in [7, 11) is 1.43. The topological polar surface area (TPSA) is 88.1 Å². The molecule has 0 N–H and O–H groups in total. The quantitative estimate of drug-likeness (QED) is 0.175. The maximum atomic E-state index is 15.4. The number of ether oxygens (including phenoxy) is 4. The van der Waals surface area contributed by atoms with Crippen LogP contribution in [0.1, 0.15) is 20.8 Å². The van der Waals surface area contributed by atoms with Crippen molar-refractivity contribution in [3.8, 4) is 45.3 Å². The van der Waals surface area contributed by atoms with Crippen molar-refractivity contribution in [3.63, 3.8) is 0 Å². The van der Waals surface area contributed by atoms with E-state index < -0.39 is 23.7 Å². The summed E-state index contributed by atoms with van der Waals surface area (Å²) in [5, 5.41) is 0. The van der Waals surface area contributed by atoms with Crippen molar-refractivity contribution in [1.82, 2.24) is 0 Å². The van der Waals surface area contributed by atoms with Gasteiger partial charge in [0.1, 0.15) is 5.82 Å². The SMILES string of the molecule is C=C(C)C(=O)Oc1ccc(-c2ccc(-c3ccc(OC(=O)C(=C)C)c(OC(=O)C(=C)C)c3)c(F)c2)cc1OC. The molecule has 3 aromatic rings. The fourth-order valence-corrected chi connectivity index (χ4v) is 3.26. The van der Waals surface area contributed by atoms with Crippen molar-refractivity contribution in [2.75, 3.05) is 7.11 Å². The highest BCUT2D eigenvalue weighted by molar-refractivity contribution is 5.92. The van der Waals surface area contributed by atoms with Crippen molar-refractivity contribution in [1.29, 1.82) is 0 Å². The third kappa shape index (κ3) is 6.87. The standard InChI is InChI=1S/C31H27FO7/c1-17(2)29(33)37-25-12-9-21(15-27(25)36-7)20-8-11-23(24(32)14-20)22-10-13-26(38-30(34)18(3)4)28(16-22)39-31(35)19(5)6/h8-16H,1,3,5H2,2,4,6-7H3. The summed E-state index contributed by atoms with van der Waals surface area (Å²) in [4.78, 5) is 36.1. The van der Waals surface area contributed by atoms with E-state index in [1.54, 1.807) is 30.3 Å². The molecule has 200 valence electrons. The Balaban J connectivity index is 1.98. The van der Waals surface area contributed by atoms with Gasteiger partial charge in [-0.15, -0.1) is 0 Å². The van der Waals surface area contributed by atoms with Gasteiger partial charge in [-0.1, -0.05) is 44.0 Å². The largest absolute Gasteiger partial charge is 0.493 e. The van der Waals surface area contributed by atoms with Crippen molar-refractivity contribution in [3.05, 3.63) is 96.9 Å². The lowest BCUT2D eigenvalue weighted by Crippen LogP contribution is -2.12. The number of benzene rings is 3. The molecule has 0 aliphatic heterocycles. The molecule has 0 fully saturated rings. The van der Waals surface area contributed by atoms with Crippen LogP contribution in [0.2, 0.25) is 0 Å². The van der Waals surface area contributed by atoms with Gasteiger partial charge in [0.2, 0.25) is 0 Å². The van der Waals surface area contributed by atoms with Crippen LogP contribution >= 0.6 is 0 Å². The summed E-state index contributed by atoms with van der Waals surface area (Å²) < 4.78 is 36.6. The first kappa shape index (κ1) is 28.6. The number of halogens is 1. The van der Waals surface area contributed by atoms with E-state index in [1.165, 1.54) is 52.1 Å². The van der Waals surface area contributed by atoms with E-state index in [2.05, 4.69) is 19.7 Å². The number of esters is 3. The van der Waals surface area contributed by atoms with E-state index in [9.17, 15) is 14.4 Å². The lowest BCUT2D eigenvalue weighted by atomic mass is 9.99. The molecule has 0 aromatic heterocycles. The molecule has 0 radical (unpaired) electrons. The second-order valence-corrected chi connectivity index (χ2v) is 8.73. The van der Waals surface area contributed by atoms with Gasteiger partial charge in [-0.05, 0) is 67.8 Å². The zero-order chi connectivity index (χ0) is 28.9. The van der Waals surface area contributed by atoms with Gasteiger partial charge in [-0.3, -0.25) is 0 Å². The Morgan fingerprint density at radius 1 is 0.590 bits per heavy atom. The second-order valence-electron chi connectivity index (χ2n) is 8.73. The zero-order valence-electron chi connectivity index (χ0n) is 22.1. The number of hydrogen-bond donors (Lipinski definition) is 0. The van der Waals surface area contributed by atoms with Crippen molar-refractivity contribution in [2.45, 2.75) is 20.8 Å². The highest BCUT2D eigenvalue weighted by Crippen LogP contribution is 2.37. The van der Waals surface area contributed by atoms with Crippen LogP contribution in [0.3, 0.4) is 0 Å². The highest BCUT2D eigenvalue weighted by atomic mass is 19.1. The number of rotatable bonds is 9. The van der Waals surface area contributed by atoms with Crippen LogP contribution in [0.4, 0.5) is 4.39 Å². The molecule has 0 atom stereocenters. The summed E-state index contributed by atoms with van der Waals surface area (Å²) in [6.45, 7) is 15.1. The Hall–Kier alpha value is -4.98. The lowest BCUT2D eigenvalue weighted by Gasteiger charge is -2.14. The van der Waals surface area contributed by atoms with Crippen LogP contribution in [0.15, 0.2) is 91.1 Å². The van der Waals surface area contributed by atoms with Crippen LogP contribution in [-0.4, -0.2) is 25.0 Å². The maximum Gasteiger partial charge on any atom is 0.338 e. The Labute approximate surface area is 225 Å². The first-order valence-corrected chi connectivity index (χ1v) is 11.7. The summed E-state index contributed by atoms with van der Waals surface area (Å²) in [5.74, 6) is -2.21. The van der Waals surface area contributed by atoms with Gasteiger partial charge in [0, 0.05) is 22.3 Å². The normalized spacial score (nSPS) is 10.3. The van der Waals surface area contributed by atoms with Gasteiger partial charge < -0.3 is 18.9 Å². The molecule has 0 spiro atoms. The van der Waals surface area contributed by atoms with Gasteiger partial charge in [-0.25, -0.2) is 18.8 Å². The van der Waals surface area contributed by atoms with Crippen LogP contribution in [0.5, 0.6) is 23.0 Å². The molecular formula is C31H27FO7. The molecule has 7 nitrogen and oxygen atoms in total. The maximum absolute atomic E-state index is 15.4. The number of methoxy groups -OCH3 is 1. The minimum atomic E-state index is -0.734. The molecule has 0 saturated heterocycles. The molecule has 0 aliphatic carbocycles. The Kier molecular flexibility index (Phi) is 8.83. The molecule has 3 aromatic carbocycles. The summed E-state index contributed by atoms with van der Waals surface area (Å²) in [6, 6.07) is 13.8. The van der Waals surface area contributed by atoms with E-state index in [0.29, 0.717) is 16.7 Å². The Morgan fingerprint density at radius 3 is 1.49 bits per heavy atom. The van der Waals surface area contributed by atoms with E-state index in [1.807, 2.05) is 0 Å². The first-order valence-electron chi connectivity index (χ1n) is 11.7. The van der Waals surface area contributed by atoms with Gasteiger partial charge in [0.15, 0.2) is 23.0 Å². The minimum absolute atomic E-state index is 0.0297. The highest BCUT2D eigenvalue weighted by Gasteiger charge is 2.18. The van der Waals surface area contributed by atoms with Gasteiger partial charge in [0.05, 0.1) is 7.11 Å². The van der Waals surface area contributed by atoms with Gasteiger partial charge in [-0.2, -0.15) is 0 Å². The molecule has 0 heterocycles. The Morgan fingerprint density at radius 2 is 1.00 bits per heavy atom. The molecule has 0 unspecified atom stereocenters. The van der Waals surface area contributed by atoms with Crippen LogP contribution < -0.4 is 18.9 Å². The molecule has 0 bridgehead atoms. The molecule has 0 aliphatic rings. The van der Waals surface area contributed by atoms with Crippen LogP contribution in [0.25, 0.3) is 22.3 Å². The second kappa shape index (κ2) is 12.0. The van der Waals surface area contributed by atoms with Crippen molar-refractivity contribution in [2.24, 2.45) is 0 Å². The Bertz CT molecular complexity index is 1520. The smallest absolute Gasteiger partial charge is 0.338 e. The molecule has 8 heteroatoms. The summed E-state index contributed by atoms with van der Waals surface area (Å²) in [5.41, 5.74) is 2.25. The zero-order valence-corrected chi connectivity index (χ0v) is 22.1. The first-order chi connectivity index (χ1) is 18.4. The molecule has 3 rings (SSSR count).